The van der Waals surface area contributed by atoms with Crippen molar-refractivity contribution in [3.05, 3.63) is 47.5 Å². The maximum absolute atomic E-state index is 14.2. The number of nitrogens with one attached hydrogen (secondary N) is 2. The number of carbonyl (C=O) groups excluding carboxylic acids is 3. The van der Waals surface area contributed by atoms with Crippen molar-refractivity contribution in [1.29, 1.82) is 0 Å². The summed E-state index contributed by atoms with van der Waals surface area (Å²) < 4.78 is 40.0. The maximum atomic E-state index is 14.2. The predicted octanol–water partition coefficient (Wildman–Crippen LogP) is 4.70. The van der Waals surface area contributed by atoms with E-state index < -0.39 is 50.6 Å². The van der Waals surface area contributed by atoms with Crippen LogP contribution in [0.25, 0.3) is 21.5 Å². The Hall–Kier alpha value is -4.04. The molecule has 51 heavy (non-hydrogen) atoms. The van der Waals surface area contributed by atoms with Gasteiger partial charge in [-0.3, -0.25) is 19.1 Å². The lowest BCUT2D eigenvalue weighted by Crippen LogP contribution is -2.54. The van der Waals surface area contributed by atoms with Gasteiger partial charge in [-0.05, 0) is 93.9 Å². The number of amides is 3. The zero-order valence-corrected chi connectivity index (χ0v) is 30.4. The zero-order chi connectivity index (χ0) is 35.5. The monoisotopic (exact) mass is 733 g/mol. The molecule has 3 heterocycles. The SMILES string of the molecule is COc1ccc2c(O[C@@H]3C[C@H]4C(=O)N[C@]5(C(=O)NS(=O)(=O)C6CC6)C[C@H]5C=CCCCCN(C)C(=O)[C@@H]4C3)nc(-c3nc(C4CC4)cs3)cc2c1. The summed E-state index contributed by atoms with van der Waals surface area (Å²) in [4.78, 5) is 53.3. The molecule has 0 spiro atoms. The van der Waals surface area contributed by atoms with Gasteiger partial charge in [0.2, 0.25) is 27.7 Å². The first-order chi connectivity index (χ1) is 24.5. The van der Waals surface area contributed by atoms with Crippen molar-refractivity contribution in [3.8, 4) is 22.3 Å². The van der Waals surface area contributed by atoms with Gasteiger partial charge in [0.1, 0.15) is 28.1 Å². The second-order valence-electron chi connectivity index (χ2n) is 14.8. The molecule has 4 aliphatic carbocycles. The quantitative estimate of drug-likeness (QED) is 0.314. The topological polar surface area (TPSA) is 157 Å². The van der Waals surface area contributed by atoms with Crippen molar-refractivity contribution in [2.24, 2.45) is 17.8 Å². The molecule has 1 aliphatic heterocycles. The third-order valence-corrected chi connectivity index (χ3v) is 13.7. The summed E-state index contributed by atoms with van der Waals surface area (Å²) in [6.07, 6.45) is 9.87. The van der Waals surface area contributed by atoms with Crippen LogP contribution in [0.15, 0.2) is 41.8 Å². The van der Waals surface area contributed by atoms with E-state index in [1.54, 1.807) is 30.4 Å². The van der Waals surface area contributed by atoms with Crippen molar-refractivity contribution in [2.75, 3.05) is 20.7 Å². The Morgan fingerprint density at radius 2 is 1.88 bits per heavy atom. The normalized spacial score (nSPS) is 28.4. The summed E-state index contributed by atoms with van der Waals surface area (Å²) in [6.45, 7) is 0.560. The standard InChI is InChI=1S/C37H43N5O7S2/c1-42-14-6-4-3-5-7-23-19-37(23,36(45)41-51(46,47)26-11-12-26)40-32(43)28-17-25(18-29(28)35(42)44)49-33-27-13-10-24(48-2)15-22(27)16-30(38-33)34-39-31(20-50-34)21-8-9-21/h5,7,10,13,15-16,20-21,23,25-26,28-29H,3-4,6,8-9,11-12,14,17-19H2,1-2H3,(H,40,43)(H,41,45)/t23-,25-,28-,29-,37-/m1/s1. The number of fused-ring (bicyclic) bond motifs is 3. The lowest BCUT2D eigenvalue weighted by molar-refractivity contribution is -0.140. The van der Waals surface area contributed by atoms with Gasteiger partial charge in [0.25, 0.3) is 5.91 Å². The van der Waals surface area contributed by atoms with E-state index in [0.29, 0.717) is 42.6 Å². The molecule has 4 fully saturated rings. The molecular formula is C37H43N5O7S2. The highest BCUT2D eigenvalue weighted by molar-refractivity contribution is 7.91. The number of benzene rings is 1. The van der Waals surface area contributed by atoms with Crippen LogP contribution in [0.1, 0.15) is 75.8 Å². The van der Waals surface area contributed by atoms with E-state index in [2.05, 4.69) is 15.4 Å². The number of ether oxygens (including phenoxy) is 2. The molecule has 4 saturated carbocycles. The van der Waals surface area contributed by atoms with Gasteiger partial charge in [0, 0.05) is 36.2 Å². The van der Waals surface area contributed by atoms with Gasteiger partial charge >= 0.3 is 0 Å². The van der Waals surface area contributed by atoms with Gasteiger partial charge in [-0.1, -0.05) is 12.2 Å². The van der Waals surface area contributed by atoms with E-state index in [1.165, 1.54) is 0 Å². The molecule has 2 aromatic heterocycles. The van der Waals surface area contributed by atoms with E-state index in [-0.39, 0.29) is 31.1 Å². The first-order valence-electron chi connectivity index (χ1n) is 18.0. The number of hydrogen-bond acceptors (Lipinski definition) is 10. The van der Waals surface area contributed by atoms with Crippen molar-refractivity contribution < 1.29 is 32.3 Å². The highest BCUT2D eigenvalue weighted by Crippen LogP contribution is 2.47. The molecular weight excluding hydrogens is 691 g/mol. The highest BCUT2D eigenvalue weighted by Gasteiger charge is 2.62. The summed E-state index contributed by atoms with van der Waals surface area (Å²) >= 11 is 1.55. The van der Waals surface area contributed by atoms with Crippen LogP contribution in [0, 0.1) is 17.8 Å². The number of carbonyl (C=O) groups is 3. The number of rotatable bonds is 8. The fourth-order valence-electron chi connectivity index (χ4n) is 7.55. The molecule has 0 unspecified atom stereocenters. The lowest BCUT2D eigenvalue weighted by Gasteiger charge is -2.26. The molecule has 0 bridgehead atoms. The minimum Gasteiger partial charge on any atom is -0.497 e. The maximum Gasteiger partial charge on any atom is 0.259 e. The Balaban J connectivity index is 1.09. The number of thiazole rings is 1. The number of nitrogens with zero attached hydrogens (tertiary/aromatic N) is 3. The Morgan fingerprint density at radius 1 is 1.08 bits per heavy atom. The van der Waals surface area contributed by atoms with Gasteiger partial charge in [0.05, 0.1) is 29.9 Å². The fourth-order valence-corrected chi connectivity index (χ4v) is 9.78. The molecule has 3 amide bonds. The molecule has 1 aromatic carbocycles. The Kier molecular flexibility index (Phi) is 8.80. The number of aromatic nitrogens is 2. The first kappa shape index (κ1) is 34.1. The minimum absolute atomic E-state index is 0.150. The van der Waals surface area contributed by atoms with E-state index in [0.717, 1.165) is 53.6 Å². The van der Waals surface area contributed by atoms with Crippen LogP contribution < -0.4 is 19.5 Å². The number of sulfonamides is 1. The second kappa shape index (κ2) is 13.2. The summed E-state index contributed by atoms with van der Waals surface area (Å²) in [5, 5.41) is 6.89. The van der Waals surface area contributed by atoms with Crippen LogP contribution in [0.4, 0.5) is 0 Å². The van der Waals surface area contributed by atoms with Crippen molar-refractivity contribution >= 4 is 49.9 Å². The molecule has 270 valence electrons. The van der Waals surface area contributed by atoms with Gasteiger partial charge in [-0.2, -0.15) is 0 Å². The number of allylic oxidation sites excluding steroid dienone is 1. The van der Waals surface area contributed by atoms with E-state index >= 15 is 0 Å². The van der Waals surface area contributed by atoms with E-state index in [1.807, 2.05) is 36.4 Å². The fraction of sp³-hybridized carbons (Fsp3) is 0.541. The second-order valence-corrected chi connectivity index (χ2v) is 17.6. The number of methoxy groups -OCH3 is 1. The zero-order valence-electron chi connectivity index (χ0n) is 28.8. The molecule has 3 aromatic rings. The first-order valence-corrected chi connectivity index (χ1v) is 20.4. The van der Waals surface area contributed by atoms with Gasteiger partial charge in [-0.15, -0.1) is 11.3 Å². The Morgan fingerprint density at radius 3 is 2.65 bits per heavy atom. The summed E-state index contributed by atoms with van der Waals surface area (Å²) in [5.74, 6) is -1.56. The average Bonchev–Trinajstić information content (AvgIpc) is 4.06. The third kappa shape index (κ3) is 6.84. The van der Waals surface area contributed by atoms with Crippen LogP contribution in [0.5, 0.6) is 11.6 Å². The van der Waals surface area contributed by atoms with Gasteiger partial charge < -0.3 is 19.7 Å². The molecule has 0 saturated heterocycles. The third-order valence-electron chi connectivity index (χ3n) is 11.0. The molecule has 12 nitrogen and oxygen atoms in total. The molecule has 8 rings (SSSR count). The molecule has 5 aliphatic rings. The summed E-state index contributed by atoms with van der Waals surface area (Å²) in [5.41, 5.74) is 0.367. The molecule has 2 N–H and O–H groups in total. The Bertz CT molecular complexity index is 2020. The van der Waals surface area contributed by atoms with Crippen LogP contribution in [0.2, 0.25) is 0 Å². The molecule has 0 radical (unpaired) electrons. The van der Waals surface area contributed by atoms with E-state index in [9.17, 15) is 22.8 Å². The summed E-state index contributed by atoms with van der Waals surface area (Å²) in [7, 11) is -0.445. The molecule has 14 heteroatoms. The largest absolute Gasteiger partial charge is 0.497 e. The van der Waals surface area contributed by atoms with Gasteiger partial charge in [-0.25, -0.2) is 18.4 Å². The van der Waals surface area contributed by atoms with Gasteiger partial charge in [0.15, 0.2) is 0 Å². The number of pyridine rings is 1. The van der Waals surface area contributed by atoms with Crippen LogP contribution in [-0.4, -0.2) is 78.6 Å². The van der Waals surface area contributed by atoms with Crippen molar-refractivity contribution in [3.63, 3.8) is 0 Å². The Labute approximate surface area is 301 Å². The average molecular weight is 734 g/mol. The van der Waals surface area contributed by atoms with Crippen molar-refractivity contribution in [2.45, 2.75) is 87.0 Å². The van der Waals surface area contributed by atoms with Crippen LogP contribution >= 0.6 is 11.3 Å². The smallest absolute Gasteiger partial charge is 0.259 e. The van der Waals surface area contributed by atoms with Crippen LogP contribution in [0.3, 0.4) is 0 Å². The van der Waals surface area contributed by atoms with E-state index in [4.69, 9.17) is 19.4 Å². The molecule has 5 atom stereocenters. The highest BCUT2D eigenvalue weighted by atomic mass is 32.2. The van der Waals surface area contributed by atoms with Crippen molar-refractivity contribution in [1.82, 2.24) is 24.9 Å². The summed E-state index contributed by atoms with van der Waals surface area (Å²) in [6, 6.07) is 7.65. The number of hydrogen-bond donors (Lipinski definition) is 2. The lowest BCUT2D eigenvalue weighted by atomic mass is 9.93. The minimum atomic E-state index is -3.82. The predicted molar refractivity (Wildman–Crippen MR) is 192 cm³/mol. The van der Waals surface area contributed by atoms with Crippen LogP contribution in [-0.2, 0) is 24.4 Å².